The molecule has 138 heavy (non-hydrogen) atoms. The highest BCUT2D eigenvalue weighted by Crippen LogP contribution is 2.50. The summed E-state index contributed by atoms with van der Waals surface area (Å²) in [6, 6.07) is 38.3. The Hall–Kier alpha value is -11.6. The normalized spacial score (nSPS) is 16.5. The Bertz CT molecular complexity index is 6730. The van der Waals surface area contributed by atoms with Gasteiger partial charge in [-0.2, -0.15) is 12.4 Å². The SMILES string of the molecule is Cc1cn(CCCC2=CC3=CC=C[N-]C3=C(C3CCN(C(=O)OC(C)(C)C)CC3)c3ccc(Cl)cc32)cn1.Cc1cn(CCCC2=CC3=CC=C[N-]C3=C(C3CCNCC3)c3ccc(Cl)cc32)cn1.Cc1cn(CCCc2cc3cccnc3c(C3CCN(C(=O)OC(C)(C)C)CC3)c3ccc(Cl)c[c+]23)cn1.Cc1cn(CCCc2cc3cccnc3c(C3CCNCC3)c3ccc(Cl)c[c+]23)cn1. The molecular formula is C114H128Cl4N16O4. The van der Waals surface area contributed by atoms with E-state index in [4.69, 9.17) is 76.5 Å². The molecule has 0 unspecified atom stereocenters. The summed E-state index contributed by atoms with van der Waals surface area (Å²) < 4.78 is 19.9. The first-order valence-electron chi connectivity index (χ1n) is 49.4. The minimum atomic E-state index is -0.496. The molecule has 4 saturated heterocycles. The van der Waals surface area contributed by atoms with Crippen molar-refractivity contribution in [2.24, 2.45) is 11.8 Å². The zero-order valence-corrected chi connectivity index (χ0v) is 84.3. The van der Waals surface area contributed by atoms with Crippen molar-refractivity contribution >= 4 is 124 Å². The van der Waals surface area contributed by atoms with Gasteiger partial charge < -0.3 is 58.8 Å². The van der Waals surface area contributed by atoms with E-state index in [1.54, 1.807) is 0 Å². The fourth-order valence-corrected chi connectivity index (χ4v) is 21.6. The molecule has 716 valence electrons. The molecule has 6 aromatic heterocycles. The molecule has 20 rings (SSSR count). The summed E-state index contributed by atoms with van der Waals surface area (Å²) in [6.07, 6.45) is 52.1. The van der Waals surface area contributed by atoms with E-state index in [-0.39, 0.29) is 24.0 Å². The van der Waals surface area contributed by atoms with E-state index in [1.807, 2.05) is 178 Å². The van der Waals surface area contributed by atoms with E-state index in [1.165, 1.54) is 99.3 Å². The summed E-state index contributed by atoms with van der Waals surface area (Å²) >= 11 is 26.1. The van der Waals surface area contributed by atoms with Crippen LogP contribution in [0.5, 0.6) is 0 Å². The molecule has 0 bridgehead atoms. The lowest BCUT2D eigenvalue weighted by molar-refractivity contribution is 0.0191. The van der Waals surface area contributed by atoms with Crippen LogP contribution in [0.1, 0.15) is 211 Å². The number of hydrogen-bond acceptors (Lipinski definition) is 12. The number of likely N-dealkylation sites (tertiary alicyclic amines) is 2. The second kappa shape index (κ2) is 44.7. The number of imidazole rings is 4. The van der Waals surface area contributed by atoms with Gasteiger partial charge >= 0.3 is 12.2 Å². The Kier molecular flexibility index (Phi) is 31.7. The van der Waals surface area contributed by atoms with Crippen LogP contribution in [0.3, 0.4) is 0 Å². The minimum absolute atomic E-state index is 0.232. The lowest BCUT2D eigenvalue weighted by Gasteiger charge is -2.38. The van der Waals surface area contributed by atoms with Crippen LogP contribution in [-0.4, -0.2) is 134 Å². The Morgan fingerprint density at radius 1 is 0.428 bits per heavy atom. The number of nitrogens with one attached hydrogen (secondary N) is 2. The number of aryl methyl sites for hydroxylation is 10. The number of ether oxygens (including phenoxy) is 2. The second-order valence-electron chi connectivity index (χ2n) is 39.8. The minimum Gasteiger partial charge on any atom is -0.663 e. The molecule has 12 heterocycles. The first kappa shape index (κ1) is 98.0. The molecule has 24 heteroatoms. The maximum Gasteiger partial charge on any atom is 0.410 e. The van der Waals surface area contributed by atoms with E-state index in [0.717, 1.165) is 231 Å². The number of halogens is 4. The van der Waals surface area contributed by atoms with Crippen LogP contribution < -0.4 is 10.6 Å². The molecule has 0 spiro atoms. The fraction of sp³-hybridized carbons (Fsp3) is 0.386. The zero-order chi connectivity index (χ0) is 96.1. The highest BCUT2D eigenvalue weighted by Gasteiger charge is 2.36. The van der Waals surface area contributed by atoms with Crippen molar-refractivity contribution in [2.45, 2.75) is 221 Å². The fourth-order valence-electron chi connectivity index (χ4n) is 20.9. The van der Waals surface area contributed by atoms with Gasteiger partial charge in [0, 0.05) is 182 Å². The number of rotatable bonds is 20. The third-order valence-corrected chi connectivity index (χ3v) is 28.2. The van der Waals surface area contributed by atoms with Crippen molar-refractivity contribution in [1.29, 1.82) is 0 Å². The van der Waals surface area contributed by atoms with E-state index >= 15 is 0 Å². The van der Waals surface area contributed by atoms with Crippen molar-refractivity contribution in [3.05, 3.63) is 341 Å². The number of allylic oxidation sites excluding steroid dienone is 10. The van der Waals surface area contributed by atoms with Gasteiger partial charge in [-0.3, -0.25) is 0 Å². The first-order chi connectivity index (χ1) is 66.7. The molecule has 4 fully saturated rings. The summed E-state index contributed by atoms with van der Waals surface area (Å²) in [4.78, 5) is 56.2. The highest BCUT2D eigenvalue weighted by molar-refractivity contribution is 6.32. The topological polar surface area (TPSA) is 208 Å². The molecule has 2 N–H and O–H groups in total. The Morgan fingerprint density at radius 3 is 1.16 bits per heavy atom. The first-order valence-corrected chi connectivity index (χ1v) is 50.9. The molecule has 20 nitrogen and oxygen atoms in total. The van der Waals surface area contributed by atoms with Gasteiger partial charge in [0.1, 0.15) is 32.3 Å². The molecule has 12 aromatic rings. The molecule has 0 radical (unpaired) electrons. The zero-order valence-electron chi connectivity index (χ0n) is 81.3. The highest BCUT2D eigenvalue weighted by atomic mass is 35.5. The number of aromatic nitrogens is 10. The van der Waals surface area contributed by atoms with Crippen LogP contribution in [0.25, 0.3) is 76.3 Å². The molecule has 2 aliphatic carbocycles. The number of carbonyl (C=O) groups excluding carboxylic acids is 2. The summed E-state index contributed by atoms with van der Waals surface area (Å²) in [5.74, 6) is 1.58. The average molecular weight is 1930 g/mol. The Labute approximate surface area is 832 Å². The van der Waals surface area contributed by atoms with Gasteiger partial charge in [-0.05, 0) is 326 Å². The Balaban J connectivity index is 0.000000128. The van der Waals surface area contributed by atoms with Crippen molar-refractivity contribution in [3.8, 4) is 0 Å². The predicted octanol–water partition coefficient (Wildman–Crippen LogP) is 27.7. The van der Waals surface area contributed by atoms with Crippen molar-refractivity contribution in [2.75, 3.05) is 52.4 Å². The smallest absolute Gasteiger partial charge is 0.410 e. The van der Waals surface area contributed by atoms with Crippen LogP contribution in [0, 0.1) is 39.5 Å². The monoisotopic (exact) mass is 1920 g/mol. The summed E-state index contributed by atoms with van der Waals surface area (Å²) in [5, 5.41) is 27.1. The number of fused-ring (bicyclic) bond motifs is 8. The maximum absolute atomic E-state index is 12.7. The molecule has 0 saturated carbocycles. The molecule has 8 aliphatic rings. The quantitative estimate of drug-likeness (QED) is 0.0683. The maximum atomic E-state index is 12.7. The molecule has 6 aromatic carbocycles. The summed E-state index contributed by atoms with van der Waals surface area (Å²) in [6.45, 7) is 30.2. The number of hydrogen-bond donors (Lipinski definition) is 2. The molecule has 2 amide bonds. The van der Waals surface area contributed by atoms with Gasteiger partial charge in [0.2, 0.25) is 0 Å². The number of pyridine rings is 2. The van der Waals surface area contributed by atoms with Gasteiger partial charge in [-0.15, -0.1) is 11.4 Å². The largest absolute Gasteiger partial charge is 0.663 e. The van der Waals surface area contributed by atoms with Gasteiger partial charge in [0.15, 0.2) is 0 Å². The van der Waals surface area contributed by atoms with Crippen LogP contribution in [0.15, 0.2) is 243 Å². The van der Waals surface area contributed by atoms with E-state index < -0.39 is 11.2 Å². The lowest BCUT2D eigenvalue weighted by atomic mass is 9.81. The van der Waals surface area contributed by atoms with Gasteiger partial charge in [0.25, 0.3) is 0 Å². The lowest BCUT2D eigenvalue weighted by Crippen LogP contribution is -2.42. The van der Waals surface area contributed by atoms with E-state index in [0.29, 0.717) is 38.0 Å². The molecular weight excluding hydrogens is 1800 g/mol. The molecule has 0 atom stereocenters. The number of amides is 2. The van der Waals surface area contributed by atoms with Gasteiger partial charge in [0.05, 0.1) is 80.8 Å². The molecule has 6 aliphatic heterocycles. The summed E-state index contributed by atoms with van der Waals surface area (Å²) in [7, 11) is 0. The van der Waals surface area contributed by atoms with E-state index in [9.17, 15) is 9.59 Å². The van der Waals surface area contributed by atoms with Crippen molar-refractivity contribution in [1.82, 2.24) is 68.6 Å². The average Bonchev–Trinajstić information content (AvgIpc) is 1.61. The number of benzene rings is 4. The van der Waals surface area contributed by atoms with E-state index in [2.05, 4.69) is 171 Å². The van der Waals surface area contributed by atoms with Crippen LogP contribution in [0.4, 0.5) is 9.59 Å². The third-order valence-electron chi connectivity index (χ3n) is 27.3. The third kappa shape index (κ3) is 24.4. The summed E-state index contributed by atoms with van der Waals surface area (Å²) in [5.41, 5.74) is 25.4. The van der Waals surface area contributed by atoms with Crippen LogP contribution in [-0.2, 0) is 48.5 Å². The standard InChI is InChI=1S/2C31H36ClN4O2.2C26H28ClN4/c2*1-21-19-35(20-34-21)14-6-8-23-17-24-7-5-13-33-29(24)28(26-10-9-25(32)18-27(23)26)22-11-15-36(16-12-22)30(37)38-31(2,3)4;2*1-18-16-31(17-30-18)13-3-5-20-14-21-4-2-10-29-26(21)25(19-8-11-28-12-9-19)23-7-6-22(27)15-24(20)23/h2*5,7,9-10,13,17-20,22H,6,8,11-12,14-16H2,1-4H3;2*2,4,6-7,10,14-17,19,28H,3,5,8-9,11-13H2,1H3/q-1;+1;-1;+1. The van der Waals surface area contributed by atoms with Crippen molar-refractivity contribution < 1.29 is 19.1 Å². The van der Waals surface area contributed by atoms with Crippen LogP contribution >= 0.6 is 46.4 Å². The Morgan fingerprint density at radius 2 is 0.783 bits per heavy atom. The van der Waals surface area contributed by atoms with Crippen molar-refractivity contribution in [3.63, 3.8) is 0 Å². The second-order valence-corrected chi connectivity index (χ2v) is 41.6. The van der Waals surface area contributed by atoms with Crippen LogP contribution in [0.2, 0.25) is 20.1 Å². The number of piperidine rings is 4. The number of carbonyl (C=O) groups is 2. The van der Waals surface area contributed by atoms with Gasteiger partial charge in [-0.1, -0.05) is 82.9 Å². The number of nitrogens with zero attached hydrogens (tertiary/aromatic N) is 14. The predicted molar refractivity (Wildman–Crippen MR) is 565 cm³/mol. The van der Waals surface area contributed by atoms with Gasteiger partial charge in [-0.25, -0.2) is 39.5 Å².